The van der Waals surface area contributed by atoms with E-state index in [1.54, 1.807) is 60.7 Å². The summed E-state index contributed by atoms with van der Waals surface area (Å²) in [5.41, 5.74) is 4.96. The standard InChI is InChI=1S/C41H40N4O11/c46-35(47)21-32(38(51)42-31(19-24-11-3-1-4-12-24)37(50)44-34(40(53)54)20-25-13-5-2-6-14-25)43-39(52)33(22-36(48)49)45-41(55)56-23-30-28-17-9-7-15-26(28)27-16-8-10-18-29(27)30/h1-18,30-34H,19-23H2,(H,42,51)(H,43,52)(H,44,50)(H,45,55)(H,46,47)(H,48,49)(H,53,54)/t31-,32-,33-,34-/m0/s1. The lowest BCUT2D eigenvalue weighted by atomic mass is 9.98. The van der Waals surface area contributed by atoms with E-state index in [1.807, 2.05) is 48.5 Å². The molecule has 56 heavy (non-hydrogen) atoms. The number of alkyl carbamates (subject to hydrolysis) is 1. The van der Waals surface area contributed by atoms with Crippen LogP contribution in [0, 0.1) is 0 Å². The largest absolute Gasteiger partial charge is 0.481 e. The molecule has 0 saturated heterocycles. The van der Waals surface area contributed by atoms with Gasteiger partial charge in [0.1, 0.15) is 30.8 Å². The minimum atomic E-state index is -1.86. The fraction of sp³-hybridized carbons (Fsp3) is 0.244. The molecule has 0 heterocycles. The topological polar surface area (TPSA) is 238 Å². The van der Waals surface area contributed by atoms with Crippen molar-refractivity contribution in [3.05, 3.63) is 131 Å². The summed E-state index contributed by atoms with van der Waals surface area (Å²) in [4.78, 5) is 89.4. The molecular weight excluding hydrogens is 724 g/mol. The molecule has 0 fully saturated rings. The van der Waals surface area contributed by atoms with Gasteiger partial charge in [-0.15, -0.1) is 0 Å². The molecule has 15 nitrogen and oxygen atoms in total. The van der Waals surface area contributed by atoms with Gasteiger partial charge < -0.3 is 41.3 Å². The average molecular weight is 765 g/mol. The molecule has 1 aliphatic carbocycles. The van der Waals surface area contributed by atoms with Crippen LogP contribution >= 0.6 is 0 Å². The Morgan fingerprint density at radius 2 is 0.893 bits per heavy atom. The molecule has 5 rings (SSSR count). The highest BCUT2D eigenvalue weighted by atomic mass is 16.5. The number of nitrogens with one attached hydrogen (secondary N) is 4. The van der Waals surface area contributed by atoms with E-state index < -0.39 is 78.7 Å². The van der Waals surface area contributed by atoms with Gasteiger partial charge in [0, 0.05) is 18.8 Å². The first-order valence-electron chi connectivity index (χ1n) is 17.7. The molecule has 0 unspecified atom stereocenters. The van der Waals surface area contributed by atoms with Crippen molar-refractivity contribution in [2.75, 3.05) is 6.61 Å². The highest BCUT2D eigenvalue weighted by molar-refractivity contribution is 5.97. The summed E-state index contributed by atoms with van der Waals surface area (Å²) in [7, 11) is 0. The molecule has 0 radical (unpaired) electrons. The van der Waals surface area contributed by atoms with Gasteiger partial charge >= 0.3 is 24.0 Å². The summed E-state index contributed by atoms with van der Waals surface area (Å²) < 4.78 is 5.46. The smallest absolute Gasteiger partial charge is 0.407 e. The molecule has 15 heteroatoms. The Hall–Kier alpha value is -7.03. The molecule has 0 saturated carbocycles. The van der Waals surface area contributed by atoms with E-state index in [2.05, 4.69) is 21.3 Å². The van der Waals surface area contributed by atoms with Crippen molar-refractivity contribution in [2.45, 2.75) is 55.8 Å². The summed E-state index contributed by atoms with van der Waals surface area (Å²) in [6, 6.07) is 25.6. The van der Waals surface area contributed by atoms with E-state index in [-0.39, 0.29) is 25.4 Å². The van der Waals surface area contributed by atoms with E-state index in [9.17, 15) is 48.9 Å². The van der Waals surface area contributed by atoms with Gasteiger partial charge in [-0.1, -0.05) is 109 Å². The van der Waals surface area contributed by atoms with Gasteiger partial charge in [-0.3, -0.25) is 24.0 Å². The van der Waals surface area contributed by atoms with Crippen molar-refractivity contribution >= 4 is 41.7 Å². The fourth-order valence-electron chi connectivity index (χ4n) is 6.48. The lowest BCUT2D eigenvalue weighted by molar-refractivity contribution is -0.143. The Balaban J connectivity index is 1.28. The van der Waals surface area contributed by atoms with E-state index in [0.29, 0.717) is 11.1 Å². The second-order valence-corrected chi connectivity index (χ2v) is 13.1. The number of hydrogen-bond acceptors (Lipinski definition) is 8. The van der Waals surface area contributed by atoms with Crippen LogP contribution in [0.15, 0.2) is 109 Å². The van der Waals surface area contributed by atoms with Crippen molar-refractivity contribution in [3.63, 3.8) is 0 Å². The normalized spacial score (nSPS) is 13.7. The van der Waals surface area contributed by atoms with Crippen molar-refractivity contribution < 1.29 is 53.6 Å². The Morgan fingerprint density at radius 1 is 0.500 bits per heavy atom. The van der Waals surface area contributed by atoms with Crippen molar-refractivity contribution in [1.29, 1.82) is 0 Å². The molecule has 4 amide bonds. The third-order valence-electron chi connectivity index (χ3n) is 9.16. The molecule has 0 aromatic heterocycles. The monoisotopic (exact) mass is 764 g/mol. The molecule has 0 spiro atoms. The second kappa shape index (κ2) is 18.8. The number of ether oxygens (including phenoxy) is 1. The van der Waals surface area contributed by atoms with Gasteiger partial charge in [0.05, 0.1) is 12.8 Å². The second-order valence-electron chi connectivity index (χ2n) is 13.1. The molecule has 0 bridgehead atoms. The predicted octanol–water partition coefficient (Wildman–Crippen LogP) is 2.87. The predicted molar refractivity (Wildman–Crippen MR) is 200 cm³/mol. The number of carboxylic acids is 3. The number of carboxylic acid groups (broad SMARTS) is 3. The van der Waals surface area contributed by atoms with Crippen LogP contribution in [0.2, 0.25) is 0 Å². The van der Waals surface area contributed by atoms with Gasteiger partial charge in [-0.05, 0) is 33.4 Å². The molecule has 4 atom stereocenters. The van der Waals surface area contributed by atoms with Crippen LogP contribution in [0.5, 0.6) is 0 Å². The van der Waals surface area contributed by atoms with Crippen LogP contribution in [0.4, 0.5) is 4.79 Å². The van der Waals surface area contributed by atoms with Gasteiger partial charge in [0.2, 0.25) is 17.7 Å². The molecule has 4 aromatic carbocycles. The maximum atomic E-state index is 13.6. The van der Waals surface area contributed by atoms with E-state index in [0.717, 1.165) is 22.3 Å². The van der Waals surface area contributed by atoms with Crippen LogP contribution in [-0.2, 0) is 46.3 Å². The minimum absolute atomic E-state index is 0.0761. The average Bonchev–Trinajstić information content (AvgIpc) is 3.49. The Bertz CT molecular complexity index is 2030. The van der Waals surface area contributed by atoms with E-state index in [1.165, 1.54) is 0 Å². The number of rotatable bonds is 18. The Labute approximate surface area is 321 Å². The third kappa shape index (κ3) is 10.8. The zero-order chi connectivity index (χ0) is 40.2. The number of carbonyl (C=O) groups excluding carboxylic acids is 4. The summed E-state index contributed by atoms with van der Waals surface area (Å²) in [6.45, 7) is -0.149. The van der Waals surface area contributed by atoms with Gasteiger partial charge in [0.25, 0.3) is 0 Å². The zero-order valence-corrected chi connectivity index (χ0v) is 29.9. The number of carbonyl (C=O) groups is 7. The van der Waals surface area contributed by atoms with Crippen LogP contribution < -0.4 is 21.3 Å². The summed E-state index contributed by atoms with van der Waals surface area (Å²) >= 11 is 0. The Morgan fingerprint density at radius 3 is 1.38 bits per heavy atom. The molecule has 4 aromatic rings. The van der Waals surface area contributed by atoms with Crippen LogP contribution in [0.3, 0.4) is 0 Å². The highest BCUT2D eigenvalue weighted by Crippen LogP contribution is 2.44. The first-order valence-corrected chi connectivity index (χ1v) is 17.7. The lowest BCUT2D eigenvalue weighted by Gasteiger charge is -2.25. The Kier molecular flexibility index (Phi) is 13.5. The van der Waals surface area contributed by atoms with Crippen LogP contribution in [0.25, 0.3) is 11.1 Å². The fourth-order valence-corrected chi connectivity index (χ4v) is 6.48. The minimum Gasteiger partial charge on any atom is -0.481 e. The molecular formula is C41H40N4O11. The SMILES string of the molecule is O=C(O)C[C@H](NC(=O)OCC1c2ccccc2-c2ccccc21)C(=O)N[C@@H](CC(=O)O)C(=O)N[C@@H](Cc1ccccc1)C(=O)N[C@@H](Cc1ccccc1)C(=O)O. The third-order valence-corrected chi connectivity index (χ3v) is 9.16. The van der Waals surface area contributed by atoms with Crippen molar-refractivity contribution in [1.82, 2.24) is 21.3 Å². The first-order chi connectivity index (χ1) is 26.9. The van der Waals surface area contributed by atoms with Crippen molar-refractivity contribution in [3.8, 4) is 11.1 Å². The van der Waals surface area contributed by atoms with Crippen molar-refractivity contribution in [2.24, 2.45) is 0 Å². The molecule has 290 valence electrons. The summed E-state index contributed by atoms with van der Waals surface area (Å²) in [5.74, 6) is -7.94. The first kappa shape index (κ1) is 40.2. The number of amides is 4. The number of fused-ring (bicyclic) bond motifs is 3. The maximum Gasteiger partial charge on any atom is 0.407 e. The summed E-state index contributed by atoms with van der Waals surface area (Å²) in [5, 5.41) is 38.3. The van der Waals surface area contributed by atoms with Gasteiger partial charge in [-0.2, -0.15) is 0 Å². The van der Waals surface area contributed by atoms with Gasteiger partial charge in [-0.25, -0.2) is 9.59 Å². The zero-order valence-electron chi connectivity index (χ0n) is 29.9. The lowest BCUT2D eigenvalue weighted by Crippen LogP contribution is -2.59. The number of aliphatic carboxylic acids is 3. The maximum absolute atomic E-state index is 13.6. The molecule has 7 N–H and O–H groups in total. The van der Waals surface area contributed by atoms with E-state index >= 15 is 0 Å². The molecule has 1 aliphatic rings. The quantitative estimate of drug-likeness (QED) is 0.0778. The molecule has 0 aliphatic heterocycles. The summed E-state index contributed by atoms with van der Waals surface area (Å²) in [6.07, 6.45) is -3.29. The number of hydrogen-bond donors (Lipinski definition) is 7. The van der Waals surface area contributed by atoms with Gasteiger partial charge in [0.15, 0.2) is 0 Å². The number of benzene rings is 4. The highest BCUT2D eigenvalue weighted by Gasteiger charge is 2.34. The van der Waals surface area contributed by atoms with E-state index in [4.69, 9.17) is 4.74 Å². The van der Waals surface area contributed by atoms with Crippen LogP contribution in [0.1, 0.15) is 41.0 Å². The van der Waals surface area contributed by atoms with Crippen LogP contribution in [-0.4, -0.2) is 87.8 Å².